The van der Waals surface area contributed by atoms with Crippen molar-refractivity contribution < 1.29 is 0 Å². The predicted octanol–water partition coefficient (Wildman–Crippen LogP) is 3.23. The van der Waals surface area contributed by atoms with E-state index in [2.05, 4.69) is 45.0 Å². The Labute approximate surface area is 120 Å². The fourth-order valence-corrected chi connectivity index (χ4v) is 4.79. The summed E-state index contributed by atoms with van der Waals surface area (Å²) in [7, 11) is 2.16. The van der Waals surface area contributed by atoms with Crippen LogP contribution in [-0.4, -0.2) is 37.6 Å². The topological polar surface area (TPSA) is 15.3 Å². The molecule has 0 aromatic rings. The normalized spacial score (nSPS) is 45.3. The lowest BCUT2D eigenvalue weighted by Gasteiger charge is -2.44. The number of hydrogen-bond donors (Lipinski definition) is 1. The van der Waals surface area contributed by atoms with Gasteiger partial charge in [0.15, 0.2) is 0 Å². The molecular formula is C17H34N2. The van der Waals surface area contributed by atoms with Crippen molar-refractivity contribution in [1.82, 2.24) is 10.2 Å². The fourth-order valence-electron chi connectivity index (χ4n) is 4.79. The minimum atomic E-state index is 0.728. The van der Waals surface area contributed by atoms with Crippen LogP contribution in [0.25, 0.3) is 0 Å². The summed E-state index contributed by atoms with van der Waals surface area (Å²) < 4.78 is 0. The molecule has 1 N–H and O–H groups in total. The second kappa shape index (κ2) is 6.58. The molecule has 0 aromatic heterocycles. The van der Waals surface area contributed by atoms with Crippen LogP contribution in [0.5, 0.6) is 0 Å². The van der Waals surface area contributed by atoms with Gasteiger partial charge in [-0.2, -0.15) is 0 Å². The number of nitrogens with zero attached hydrogens (tertiary/aromatic N) is 1. The van der Waals surface area contributed by atoms with E-state index in [9.17, 15) is 0 Å². The standard InChI is InChI=1S/C17H34N2/c1-12-7-15(4)16(17(8-12)18-5)11-19-9-13(2)6-14(3)10-19/h12-18H,6-11H2,1-5H3. The van der Waals surface area contributed by atoms with Gasteiger partial charge in [0.2, 0.25) is 0 Å². The Kier molecular flexibility index (Phi) is 5.30. The monoisotopic (exact) mass is 266 g/mol. The SMILES string of the molecule is CNC1CC(C)CC(C)C1CN1CC(C)CC(C)C1. The zero-order chi connectivity index (χ0) is 14.0. The maximum atomic E-state index is 3.60. The lowest BCUT2D eigenvalue weighted by atomic mass is 9.72. The summed E-state index contributed by atoms with van der Waals surface area (Å²) in [6.45, 7) is 13.7. The molecule has 1 aliphatic carbocycles. The van der Waals surface area contributed by atoms with Gasteiger partial charge in [-0.05, 0) is 55.9 Å². The molecule has 6 unspecified atom stereocenters. The molecule has 0 spiro atoms. The molecule has 2 aliphatic rings. The molecule has 2 fully saturated rings. The van der Waals surface area contributed by atoms with E-state index in [1.165, 1.54) is 38.9 Å². The van der Waals surface area contributed by atoms with E-state index in [4.69, 9.17) is 0 Å². The van der Waals surface area contributed by atoms with Crippen molar-refractivity contribution in [1.29, 1.82) is 0 Å². The number of hydrogen-bond acceptors (Lipinski definition) is 2. The zero-order valence-electron chi connectivity index (χ0n) is 13.7. The van der Waals surface area contributed by atoms with Gasteiger partial charge in [-0.3, -0.25) is 0 Å². The minimum Gasteiger partial charge on any atom is -0.317 e. The first kappa shape index (κ1) is 15.3. The second-order valence-corrected chi connectivity index (χ2v) is 7.78. The summed E-state index contributed by atoms with van der Waals surface area (Å²) >= 11 is 0. The van der Waals surface area contributed by atoms with E-state index in [0.29, 0.717) is 0 Å². The van der Waals surface area contributed by atoms with Crippen molar-refractivity contribution in [3.05, 3.63) is 0 Å². The predicted molar refractivity (Wildman–Crippen MR) is 83.3 cm³/mol. The van der Waals surface area contributed by atoms with Crippen LogP contribution in [-0.2, 0) is 0 Å². The molecule has 0 radical (unpaired) electrons. The average molecular weight is 266 g/mol. The molecule has 112 valence electrons. The van der Waals surface area contributed by atoms with Crippen LogP contribution < -0.4 is 5.32 Å². The molecule has 2 heteroatoms. The molecule has 1 heterocycles. The summed E-state index contributed by atoms with van der Waals surface area (Å²) in [6, 6.07) is 0.728. The highest BCUT2D eigenvalue weighted by molar-refractivity contribution is 4.89. The highest BCUT2D eigenvalue weighted by atomic mass is 15.1. The number of rotatable bonds is 3. The smallest absolute Gasteiger partial charge is 0.0110 e. The average Bonchev–Trinajstić information content (AvgIpc) is 2.31. The lowest BCUT2D eigenvalue weighted by molar-refractivity contribution is 0.0674. The van der Waals surface area contributed by atoms with Gasteiger partial charge in [-0.1, -0.05) is 27.7 Å². The third kappa shape index (κ3) is 3.95. The molecule has 1 aliphatic heterocycles. The van der Waals surface area contributed by atoms with Crippen molar-refractivity contribution in [2.45, 2.75) is 53.0 Å². The van der Waals surface area contributed by atoms with E-state index in [1.54, 1.807) is 0 Å². The van der Waals surface area contributed by atoms with Gasteiger partial charge in [0, 0.05) is 25.7 Å². The minimum absolute atomic E-state index is 0.728. The Morgan fingerprint density at radius 3 is 2.11 bits per heavy atom. The maximum Gasteiger partial charge on any atom is 0.0110 e. The molecular weight excluding hydrogens is 232 g/mol. The summed E-state index contributed by atoms with van der Waals surface area (Å²) in [5.74, 6) is 4.37. The Hall–Kier alpha value is -0.0800. The first-order valence-electron chi connectivity index (χ1n) is 8.39. The van der Waals surface area contributed by atoms with E-state index in [0.717, 1.165) is 35.6 Å². The molecule has 0 bridgehead atoms. The Morgan fingerprint density at radius 2 is 1.53 bits per heavy atom. The van der Waals surface area contributed by atoms with Crippen molar-refractivity contribution in [2.75, 3.05) is 26.7 Å². The van der Waals surface area contributed by atoms with Gasteiger partial charge in [0.05, 0.1) is 0 Å². The summed E-state index contributed by atoms with van der Waals surface area (Å²) in [6.07, 6.45) is 4.20. The van der Waals surface area contributed by atoms with Gasteiger partial charge in [0.1, 0.15) is 0 Å². The van der Waals surface area contributed by atoms with Crippen LogP contribution >= 0.6 is 0 Å². The summed E-state index contributed by atoms with van der Waals surface area (Å²) in [5.41, 5.74) is 0. The van der Waals surface area contributed by atoms with Crippen molar-refractivity contribution in [3.63, 3.8) is 0 Å². The highest BCUT2D eigenvalue weighted by Gasteiger charge is 2.35. The Bertz CT molecular complexity index is 268. The molecule has 0 aromatic carbocycles. The van der Waals surface area contributed by atoms with E-state index in [-0.39, 0.29) is 0 Å². The molecule has 2 nitrogen and oxygen atoms in total. The number of piperidine rings is 1. The van der Waals surface area contributed by atoms with Gasteiger partial charge in [0.25, 0.3) is 0 Å². The first-order chi connectivity index (χ1) is 8.99. The molecule has 1 saturated carbocycles. The molecule has 6 atom stereocenters. The Morgan fingerprint density at radius 1 is 0.895 bits per heavy atom. The van der Waals surface area contributed by atoms with Crippen molar-refractivity contribution >= 4 is 0 Å². The molecule has 2 rings (SSSR count). The van der Waals surface area contributed by atoms with Crippen LogP contribution in [0.15, 0.2) is 0 Å². The van der Waals surface area contributed by atoms with Crippen LogP contribution in [0.2, 0.25) is 0 Å². The largest absolute Gasteiger partial charge is 0.317 e. The van der Waals surface area contributed by atoms with Crippen molar-refractivity contribution in [2.24, 2.45) is 29.6 Å². The first-order valence-corrected chi connectivity index (χ1v) is 8.39. The van der Waals surface area contributed by atoms with Crippen LogP contribution in [0.4, 0.5) is 0 Å². The second-order valence-electron chi connectivity index (χ2n) is 7.78. The van der Waals surface area contributed by atoms with E-state index >= 15 is 0 Å². The molecule has 0 amide bonds. The van der Waals surface area contributed by atoms with Gasteiger partial charge >= 0.3 is 0 Å². The van der Waals surface area contributed by atoms with Crippen LogP contribution in [0.1, 0.15) is 47.0 Å². The number of nitrogens with one attached hydrogen (secondary N) is 1. The third-order valence-electron chi connectivity index (χ3n) is 5.46. The summed E-state index contributed by atoms with van der Waals surface area (Å²) in [5, 5.41) is 3.60. The summed E-state index contributed by atoms with van der Waals surface area (Å²) in [4.78, 5) is 2.75. The van der Waals surface area contributed by atoms with Crippen molar-refractivity contribution in [3.8, 4) is 0 Å². The van der Waals surface area contributed by atoms with Gasteiger partial charge in [-0.25, -0.2) is 0 Å². The van der Waals surface area contributed by atoms with Gasteiger partial charge < -0.3 is 10.2 Å². The zero-order valence-corrected chi connectivity index (χ0v) is 13.7. The lowest BCUT2D eigenvalue weighted by Crippen LogP contribution is -2.50. The van der Waals surface area contributed by atoms with E-state index < -0.39 is 0 Å². The quantitative estimate of drug-likeness (QED) is 0.843. The van der Waals surface area contributed by atoms with E-state index in [1.807, 2.05) is 0 Å². The molecule has 1 saturated heterocycles. The third-order valence-corrected chi connectivity index (χ3v) is 5.46. The fraction of sp³-hybridized carbons (Fsp3) is 1.00. The highest BCUT2D eigenvalue weighted by Crippen LogP contribution is 2.35. The van der Waals surface area contributed by atoms with Gasteiger partial charge in [-0.15, -0.1) is 0 Å². The van der Waals surface area contributed by atoms with Crippen LogP contribution in [0, 0.1) is 29.6 Å². The maximum absolute atomic E-state index is 3.60. The number of likely N-dealkylation sites (tertiary alicyclic amines) is 1. The van der Waals surface area contributed by atoms with Crippen LogP contribution in [0.3, 0.4) is 0 Å². The molecule has 19 heavy (non-hydrogen) atoms. The Balaban J connectivity index is 1.95.